The van der Waals surface area contributed by atoms with E-state index < -0.39 is 0 Å². The van der Waals surface area contributed by atoms with E-state index in [9.17, 15) is 0 Å². The van der Waals surface area contributed by atoms with Crippen LogP contribution in [0.4, 0.5) is 0 Å². The van der Waals surface area contributed by atoms with E-state index in [4.69, 9.17) is 4.74 Å². The van der Waals surface area contributed by atoms with E-state index in [-0.39, 0.29) is 6.10 Å². The first-order valence-corrected chi connectivity index (χ1v) is 8.05. The number of nitrogens with one attached hydrogen (secondary N) is 1. The molecule has 2 nitrogen and oxygen atoms in total. The molecule has 0 aromatic heterocycles. The van der Waals surface area contributed by atoms with Crippen LogP contribution in [0.25, 0.3) is 0 Å². The molecule has 1 saturated carbocycles. The van der Waals surface area contributed by atoms with Gasteiger partial charge >= 0.3 is 0 Å². The predicted molar refractivity (Wildman–Crippen MR) is 85.2 cm³/mol. The molecular formula is C18H29NO. The number of ether oxygens (including phenoxy) is 1. The highest BCUT2D eigenvalue weighted by atomic mass is 16.5. The molecule has 0 radical (unpaired) electrons. The Bertz CT molecular complexity index is 404. The highest BCUT2D eigenvalue weighted by Crippen LogP contribution is 2.49. The zero-order chi connectivity index (χ0) is 14.6. The molecule has 2 rings (SSSR count). The van der Waals surface area contributed by atoms with Gasteiger partial charge in [-0.25, -0.2) is 0 Å². The van der Waals surface area contributed by atoms with Crippen molar-refractivity contribution in [2.45, 2.75) is 65.0 Å². The summed E-state index contributed by atoms with van der Waals surface area (Å²) in [6.07, 6.45) is 6.93. The van der Waals surface area contributed by atoms with Gasteiger partial charge in [0, 0.05) is 6.04 Å². The summed E-state index contributed by atoms with van der Waals surface area (Å²) in [6, 6.07) is 9.14. The van der Waals surface area contributed by atoms with Crippen LogP contribution in [0.15, 0.2) is 24.3 Å². The molecule has 0 saturated heterocycles. The average molecular weight is 275 g/mol. The standard InChI is InChI=1S/C18H29NO/c1-5-18(12-6-7-13-18)17(19-4)15-8-10-16(11-9-15)20-14(2)3/h8-11,14,17,19H,5-7,12-13H2,1-4H3. The van der Waals surface area contributed by atoms with Crippen LogP contribution in [0.5, 0.6) is 5.75 Å². The summed E-state index contributed by atoms with van der Waals surface area (Å²) in [5.74, 6) is 0.968. The molecule has 0 spiro atoms. The van der Waals surface area contributed by atoms with Gasteiger partial charge in [0.1, 0.15) is 5.75 Å². The van der Waals surface area contributed by atoms with Gasteiger partial charge in [-0.2, -0.15) is 0 Å². The third kappa shape index (κ3) is 3.17. The zero-order valence-corrected chi connectivity index (χ0v) is 13.4. The van der Waals surface area contributed by atoms with Crippen molar-refractivity contribution in [1.82, 2.24) is 5.32 Å². The summed E-state index contributed by atoms with van der Waals surface area (Å²) in [4.78, 5) is 0. The maximum Gasteiger partial charge on any atom is 0.119 e. The number of rotatable bonds is 6. The minimum atomic E-state index is 0.234. The van der Waals surface area contributed by atoms with E-state index in [1.165, 1.54) is 37.7 Å². The molecule has 0 bridgehead atoms. The van der Waals surface area contributed by atoms with E-state index in [2.05, 4.69) is 57.4 Å². The summed E-state index contributed by atoms with van der Waals surface area (Å²) in [5, 5.41) is 3.57. The molecule has 1 atom stereocenters. The Morgan fingerprint density at radius 3 is 2.20 bits per heavy atom. The Balaban J connectivity index is 2.19. The monoisotopic (exact) mass is 275 g/mol. The van der Waals surface area contributed by atoms with Crippen molar-refractivity contribution in [2.24, 2.45) is 5.41 Å². The average Bonchev–Trinajstić information content (AvgIpc) is 2.91. The van der Waals surface area contributed by atoms with E-state index in [1.807, 2.05) is 0 Å². The lowest BCUT2D eigenvalue weighted by Crippen LogP contribution is -2.34. The molecule has 2 heteroatoms. The Morgan fingerprint density at radius 2 is 1.75 bits per heavy atom. The Morgan fingerprint density at radius 1 is 1.15 bits per heavy atom. The van der Waals surface area contributed by atoms with Crippen LogP contribution in [0, 0.1) is 5.41 Å². The fourth-order valence-corrected chi connectivity index (χ4v) is 3.76. The Labute approximate surface area is 123 Å². The smallest absolute Gasteiger partial charge is 0.119 e. The largest absolute Gasteiger partial charge is 0.491 e. The van der Waals surface area contributed by atoms with Gasteiger partial charge in [-0.05, 0) is 63.3 Å². The summed E-state index contributed by atoms with van der Waals surface area (Å²) >= 11 is 0. The van der Waals surface area contributed by atoms with E-state index in [0.717, 1.165) is 5.75 Å². The second kappa shape index (κ2) is 6.62. The van der Waals surface area contributed by atoms with Gasteiger partial charge in [-0.15, -0.1) is 0 Å². The van der Waals surface area contributed by atoms with Gasteiger partial charge in [-0.3, -0.25) is 0 Å². The maximum absolute atomic E-state index is 5.74. The Hall–Kier alpha value is -1.02. The fraction of sp³-hybridized carbons (Fsp3) is 0.667. The van der Waals surface area contributed by atoms with E-state index >= 15 is 0 Å². The van der Waals surface area contributed by atoms with Gasteiger partial charge < -0.3 is 10.1 Å². The molecule has 0 heterocycles. The van der Waals surface area contributed by atoms with Crippen molar-refractivity contribution in [2.75, 3.05) is 7.05 Å². The number of hydrogen-bond acceptors (Lipinski definition) is 2. The fourth-order valence-electron chi connectivity index (χ4n) is 3.76. The summed E-state index contributed by atoms with van der Waals surface area (Å²) < 4.78 is 5.74. The lowest BCUT2D eigenvalue weighted by Gasteiger charge is -2.37. The highest BCUT2D eigenvalue weighted by molar-refractivity contribution is 5.30. The van der Waals surface area contributed by atoms with Gasteiger partial charge in [0.25, 0.3) is 0 Å². The van der Waals surface area contributed by atoms with Crippen molar-refractivity contribution in [3.8, 4) is 5.75 Å². The van der Waals surface area contributed by atoms with Crippen LogP contribution in [0.3, 0.4) is 0 Å². The highest BCUT2D eigenvalue weighted by Gasteiger charge is 2.39. The van der Waals surface area contributed by atoms with Crippen molar-refractivity contribution in [3.05, 3.63) is 29.8 Å². The third-order valence-corrected chi connectivity index (χ3v) is 4.79. The summed E-state index contributed by atoms with van der Waals surface area (Å²) in [7, 11) is 2.10. The normalized spacial score (nSPS) is 19.2. The second-order valence-corrected chi connectivity index (χ2v) is 6.38. The van der Waals surface area contributed by atoms with Gasteiger partial charge in [0.15, 0.2) is 0 Å². The lowest BCUT2D eigenvalue weighted by molar-refractivity contribution is 0.195. The minimum Gasteiger partial charge on any atom is -0.491 e. The molecule has 0 aliphatic heterocycles. The first-order chi connectivity index (χ1) is 9.61. The van der Waals surface area contributed by atoms with Crippen molar-refractivity contribution < 1.29 is 4.74 Å². The maximum atomic E-state index is 5.74. The zero-order valence-electron chi connectivity index (χ0n) is 13.4. The topological polar surface area (TPSA) is 21.3 Å². The van der Waals surface area contributed by atoms with Gasteiger partial charge in [0.05, 0.1) is 6.10 Å². The molecule has 1 aliphatic carbocycles. The van der Waals surface area contributed by atoms with E-state index in [0.29, 0.717) is 11.5 Å². The summed E-state index contributed by atoms with van der Waals surface area (Å²) in [5.41, 5.74) is 1.84. The van der Waals surface area contributed by atoms with Crippen LogP contribution < -0.4 is 10.1 Å². The van der Waals surface area contributed by atoms with Crippen LogP contribution in [-0.2, 0) is 0 Å². The molecule has 1 aromatic carbocycles. The summed E-state index contributed by atoms with van der Waals surface area (Å²) in [6.45, 7) is 6.47. The van der Waals surface area contributed by atoms with Crippen molar-refractivity contribution in [3.63, 3.8) is 0 Å². The lowest BCUT2D eigenvalue weighted by atomic mass is 9.73. The Kier molecular flexibility index (Phi) is 5.09. The molecule has 1 fully saturated rings. The van der Waals surface area contributed by atoms with Crippen LogP contribution in [0.1, 0.15) is 64.5 Å². The van der Waals surface area contributed by atoms with Gasteiger partial charge in [0.2, 0.25) is 0 Å². The van der Waals surface area contributed by atoms with Crippen LogP contribution in [0.2, 0.25) is 0 Å². The SMILES string of the molecule is CCC1(C(NC)c2ccc(OC(C)C)cc2)CCCC1. The molecule has 20 heavy (non-hydrogen) atoms. The first-order valence-electron chi connectivity index (χ1n) is 8.05. The molecule has 1 unspecified atom stereocenters. The predicted octanol–water partition coefficient (Wildman–Crippen LogP) is 4.70. The van der Waals surface area contributed by atoms with Crippen LogP contribution in [-0.4, -0.2) is 13.2 Å². The van der Waals surface area contributed by atoms with Crippen LogP contribution >= 0.6 is 0 Å². The molecule has 1 aromatic rings. The second-order valence-electron chi connectivity index (χ2n) is 6.38. The molecule has 1 N–H and O–H groups in total. The molecule has 112 valence electrons. The molecule has 1 aliphatic rings. The first kappa shape index (κ1) is 15.4. The van der Waals surface area contributed by atoms with Crippen molar-refractivity contribution in [1.29, 1.82) is 0 Å². The minimum absolute atomic E-state index is 0.234. The van der Waals surface area contributed by atoms with Crippen molar-refractivity contribution >= 4 is 0 Å². The third-order valence-electron chi connectivity index (χ3n) is 4.79. The number of hydrogen-bond donors (Lipinski definition) is 1. The molecule has 0 amide bonds. The quantitative estimate of drug-likeness (QED) is 0.812. The van der Waals surface area contributed by atoms with E-state index in [1.54, 1.807) is 0 Å². The number of benzene rings is 1. The molecular weight excluding hydrogens is 246 g/mol. The van der Waals surface area contributed by atoms with Gasteiger partial charge in [-0.1, -0.05) is 31.9 Å².